The monoisotopic (exact) mass is 450 g/mol. The first-order chi connectivity index (χ1) is 16.1. The molecule has 4 amide bonds. The Morgan fingerprint density at radius 2 is 1.85 bits per heavy atom. The van der Waals surface area contributed by atoms with Crippen molar-refractivity contribution in [3.8, 4) is 11.5 Å². The third-order valence-electron chi connectivity index (χ3n) is 6.20. The molecule has 0 aromatic heterocycles. The Hall–Kier alpha value is -3.75. The Balaban J connectivity index is 1.16. The lowest BCUT2D eigenvalue weighted by molar-refractivity contribution is -0.126. The highest BCUT2D eigenvalue weighted by Gasteiger charge is 2.35. The van der Waals surface area contributed by atoms with Gasteiger partial charge in [0.1, 0.15) is 0 Å². The highest BCUT2D eigenvalue weighted by molar-refractivity contribution is 6.00. The Kier molecular flexibility index (Phi) is 5.77. The van der Waals surface area contributed by atoms with Crippen LogP contribution >= 0.6 is 0 Å². The molecule has 0 bridgehead atoms. The molecule has 2 N–H and O–H groups in total. The Morgan fingerprint density at radius 3 is 2.70 bits per heavy atom. The number of amides is 4. The van der Waals surface area contributed by atoms with Gasteiger partial charge in [-0.1, -0.05) is 12.1 Å². The number of carbonyl (C=O) groups is 3. The van der Waals surface area contributed by atoms with Gasteiger partial charge in [0, 0.05) is 50.0 Å². The third-order valence-corrected chi connectivity index (χ3v) is 6.20. The van der Waals surface area contributed by atoms with Crippen molar-refractivity contribution in [2.24, 2.45) is 5.92 Å². The molecular formula is C24H26N4O5. The molecule has 172 valence electrons. The Morgan fingerprint density at radius 1 is 1.03 bits per heavy atom. The van der Waals surface area contributed by atoms with Crippen molar-refractivity contribution in [1.29, 1.82) is 0 Å². The maximum Gasteiger partial charge on any atom is 0.321 e. The normalized spacial score (nSPS) is 19.2. The van der Waals surface area contributed by atoms with E-state index in [1.807, 2.05) is 24.3 Å². The van der Waals surface area contributed by atoms with Crippen molar-refractivity contribution < 1.29 is 23.9 Å². The second-order valence-electron chi connectivity index (χ2n) is 8.49. The van der Waals surface area contributed by atoms with E-state index in [1.165, 1.54) is 0 Å². The predicted octanol–water partition coefficient (Wildman–Crippen LogP) is 2.71. The predicted molar refractivity (Wildman–Crippen MR) is 121 cm³/mol. The molecule has 0 spiro atoms. The fraction of sp³-hybridized carbons (Fsp3) is 0.375. The minimum atomic E-state index is -0.430. The molecule has 33 heavy (non-hydrogen) atoms. The zero-order chi connectivity index (χ0) is 22.8. The number of hydrogen-bond donors (Lipinski definition) is 2. The average Bonchev–Trinajstić information content (AvgIpc) is 3.58. The number of fused-ring (bicyclic) bond motifs is 1. The molecule has 5 rings (SSSR count). The fourth-order valence-corrected chi connectivity index (χ4v) is 4.40. The van der Waals surface area contributed by atoms with Crippen LogP contribution in [0.2, 0.25) is 0 Å². The van der Waals surface area contributed by atoms with Crippen LogP contribution in [0.4, 0.5) is 16.2 Å². The van der Waals surface area contributed by atoms with Gasteiger partial charge in [0.2, 0.25) is 18.6 Å². The van der Waals surface area contributed by atoms with Gasteiger partial charge in [0.05, 0.1) is 5.92 Å². The van der Waals surface area contributed by atoms with E-state index in [0.29, 0.717) is 36.0 Å². The molecule has 1 unspecified atom stereocenters. The molecule has 1 atom stereocenters. The lowest BCUT2D eigenvalue weighted by atomic mass is 10.1. The molecule has 3 aliphatic heterocycles. The van der Waals surface area contributed by atoms with Crippen molar-refractivity contribution in [3.05, 3.63) is 48.0 Å². The zero-order valence-corrected chi connectivity index (χ0v) is 18.2. The van der Waals surface area contributed by atoms with Crippen LogP contribution in [-0.2, 0) is 16.1 Å². The molecule has 0 radical (unpaired) electrons. The van der Waals surface area contributed by atoms with Crippen LogP contribution in [0.15, 0.2) is 42.5 Å². The minimum Gasteiger partial charge on any atom is -0.454 e. The summed E-state index contributed by atoms with van der Waals surface area (Å²) in [6, 6.07) is 12.7. The molecule has 9 heteroatoms. The van der Waals surface area contributed by atoms with Gasteiger partial charge >= 0.3 is 6.03 Å². The average molecular weight is 450 g/mol. The smallest absolute Gasteiger partial charge is 0.321 e. The number of nitrogens with zero attached hydrogens (tertiary/aromatic N) is 2. The van der Waals surface area contributed by atoms with Gasteiger partial charge in [-0.2, -0.15) is 0 Å². The highest BCUT2D eigenvalue weighted by atomic mass is 16.7. The summed E-state index contributed by atoms with van der Waals surface area (Å²) < 4.78 is 10.7. The molecule has 2 aromatic carbocycles. The number of rotatable bonds is 5. The summed E-state index contributed by atoms with van der Waals surface area (Å²) in [5.41, 5.74) is 2.27. The Labute approximate surface area is 191 Å². The second kappa shape index (κ2) is 9.01. The summed E-state index contributed by atoms with van der Waals surface area (Å²) in [6.07, 6.45) is 2.23. The van der Waals surface area contributed by atoms with Gasteiger partial charge in [-0.05, 0) is 42.7 Å². The van der Waals surface area contributed by atoms with E-state index in [4.69, 9.17) is 9.47 Å². The van der Waals surface area contributed by atoms with Crippen molar-refractivity contribution in [3.63, 3.8) is 0 Å². The first-order valence-electron chi connectivity index (χ1n) is 11.2. The van der Waals surface area contributed by atoms with Crippen molar-refractivity contribution in [2.45, 2.75) is 25.8 Å². The van der Waals surface area contributed by atoms with E-state index in [9.17, 15) is 14.4 Å². The molecule has 2 saturated heterocycles. The zero-order valence-electron chi connectivity index (χ0n) is 18.2. The van der Waals surface area contributed by atoms with Gasteiger partial charge < -0.3 is 29.9 Å². The van der Waals surface area contributed by atoms with Gasteiger partial charge in [-0.15, -0.1) is 0 Å². The number of hydrogen-bond acceptors (Lipinski definition) is 5. The standard InChI is InChI=1S/C24H26N4O5/c29-22-11-17(14-28(22)19-6-7-20-21(12-19)33-15-32-20)23(30)25-13-16-4-3-5-18(10-16)26-24(31)27-8-1-2-9-27/h3-7,10,12,17H,1-2,8-9,11,13-15H2,(H,25,30)(H,26,31). The maximum absolute atomic E-state index is 12.8. The van der Waals surface area contributed by atoms with E-state index in [-0.39, 0.29) is 31.1 Å². The van der Waals surface area contributed by atoms with Gasteiger partial charge in [0.15, 0.2) is 11.5 Å². The first-order valence-corrected chi connectivity index (χ1v) is 11.2. The molecule has 2 fully saturated rings. The number of benzene rings is 2. The molecular weight excluding hydrogens is 424 g/mol. The lowest BCUT2D eigenvalue weighted by Gasteiger charge is -2.17. The summed E-state index contributed by atoms with van der Waals surface area (Å²) in [4.78, 5) is 41.0. The van der Waals surface area contributed by atoms with Crippen LogP contribution in [-0.4, -0.2) is 49.2 Å². The SMILES string of the molecule is O=C(NCc1cccc(NC(=O)N2CCCC2)c1)C1CC(=O)N(c2ccc3c(c2)OCO3)C1. The van der Waals surface area contributed by atoms with E-state index in [0.717, 1.165) is 31.5 Å². The molecule has 3 heterocycles. The maximum atomic E-state index is 12.8. The topological polar surface area (TPSA) is 100 Å². The number of nitrogens with one attached hydrogen (secondary N) is 2. The summed E-state index contributed by atoms with van der Waals surface area (Å²) in [6.45, 7) is 2.37. The van der Waals surface area contributed by atoms with Crippen LogP contribution in [0, 0.1) is 5.92 Å². The highest BCUT2D eigenvalue weighted by Crippen LogP contribution is 2.37. The summed E-state index contributed by atoms with van der Waals surface area (Å²) in [5, 5.41) is 5.84. The number of likely N-dealkylation sites (tertiary alicyclic amines) is 1. The van der Waals surface area contributed by atoms with Crippen molar-refractivity contribution >= 4 is 29.2 Å². The van der Waals surface area contributed by atoms with E-state index < -0.39 is 5.92 Å². The van der Waals surface area contributed by atoms with E-state index in [2.05, 4.69) is 10.6 Å². The molecule has 0 aliphatic carbocycles. The third kappa shape index (κ3) is 4.57. The van der Waals surface area contributed by atoms with E-state index >= 15 is 0 Å². The number of anilines is 2. The van der Waals surface area contributed by atoms with Crippen LogP contribution in [0.5, 0.6) is 11.5 Å². The van der Waals surface area contributed by atoms with E-state index in [1.54, 1.807) is 28.0 Å². The van der Waals surface area contributed by atoms with Crippen molar-refractivity contribution in [1.82, 2.24) is 10.2 Å². The number of ether oxygens (including phenoxy) is 2. The van der Waals surface area contributed by atoms with Gasteiger partial charge in [-0.25, -0.2) is 4.79 Å². The summed E-state index contributed by atoms with van der Waals surface area (Å²) >= 11 is 0. The van der Waals surface area contributed by atoms with Crippen LogP contribution < -0.4 is 25.0 Å². The molecule has 9 nitrogen and oxygen atoms in total. The minimum absolute atomic E-state index is 0.0956. The fourth-order valence-electron chi connectivity index (χ4n) is 4.40. The Bertz CT molecular complexity index is 1080. The van der Waals surface area contributed by atoms with Crippen LogP contribution in [0.25, 0.3) is 0 Å². The number of carbonyl (C=O) groups excluding carboxylic acids is 3. The first kappa shape index (κ1) is 21.1. The quantitative estimate of drug-likeness (QED) is 0.730. The number of urea groups is 1. The summed E-state index contributed by atoms with van der Waals surface area (Å²) in [5.74, 6) is 0.558. The molecule has 2 aromatic rings. The second-order valence-corrected chi connectivity index (χ2v) is 8.49. The van der Waals surface area contributed by atoms with Crippen molar-refractivity contribution in [2.75, 3.05) is 36.6 Å². The molecule has 0 saturated carbocycles. The lowest BCUT2D eigenvalue weighted by Crippen LogP contribution is -2.33. The van der Waals surface area contributed by atoms with Crippen LogP contribution in [0.1, 0.15) is 24.8 Å². The van der Waals surface area contributed by atoms with Crippen LogP contribution in [0.3, 0.4) is 0 Å². The van der Waals surface area contributed by atoms with Gasteiger partial charge in [-0.3, -0.25) is 9.59 Å². The molecule has 3 aliphatic rings. The summed E-state index contributed by atoms with van der Waals surface area (Å²) in [7, 11) is 0. The van der Waals surface area contributed by atoms with Gasteiger partial charge in [0.25, 0.3) is 0 Å². The largest absolute Gasteiger partial charge is 0.454 e.